The molecule has 0 saturated carbocycles. The molecule has 2 N–H and O–H groups in total. The summed E-state index contributed by atoms with van der Waals surface area (Å²) in [5.41, 5.74) is 5.02. The second-order valence-corrected chi connectivity index (χ2v) is 22.3. The number of anilines is 1. The highest BCUT2D eigenvalue weighted by molar-refractivity contribution is 7.86. The zero-order chi connectivity index (χ0) is 52.0. The monoisotopic (exact) mass is 1070 g/mol. The Kier molecular flexibility index (Phi) is 17.3. The van der Waals surface area contributed by atoms with Gasteiger partial charge in [0.2, 0.25) is 0 Å². The van der Waals surface area contributed by atoms with Crippen molar-refractivity contribution in [2.24, 2.45) is 0 Å². The van der Waals surface area contributed by atoms with E-state index in [2.05, 4.69) is 25.4 Å². The van der Waals surface area contributed by atoms with Crippen molar-refractivity contribution in [2.75, 3.05) is 63.5 Å². The number of amides is 2. The molecule has 4 aliphatic heterocycles. The number of halogens is 3. The smallest absolute Gasteiger partial charge is 0.410 e. The average Bonchev–Trinajstić information content (AvgIpc) is 3.81. The summed E-state index contributed by atoms with van der Waals surface area (Å²) in [7, 11) is -3.45. The average molecular weight is 1070 g/mol. The first-order chi connectivity index (χ1) is 34.0. The summed E-state index contributed by atoms with van der Waals surface area (Å²) in [5.74, 6) is 2.28. The van der Waals surface area contributed by atoms with E-state index in [9.17, 15) is 18.0 Å². The molecule has 0 atom stereocenters. The predicted octanol–water partition coefficient (Wildman–Crippen LogP) is 7.68. The number of rotatable bonds is 5. The Morgan fingerprint density at radius 3 is 1.78 bits per heavy atom. The SMILES string of the molecule is CC(C)(C)OC(=O)N1CC(OS(C)(=O)=O)C1.CC(C)(C)OC(=O)N1CCc2nc3ccnn3c(Cl)c2CC1.Clc1ccc(OC2CN(c3c4c(nc5ccnn35)CCNCC4)C2)cc1.Oc1ccc(Cl)cc1. The van der Waals surface area contributed by atoms with Gasteiger partial charge in [-0.2, -0.15) is 23.1 Å². The van der Waals surface area contributed by atoms with Crippen LogP contribution in [-0.4, -0.2) is 147 Å². The molecule has 23 heteroatoms. The van der Waals surface area contributed by atoms with Crippen molar-refractivity contribution >= 4 is 74.2 Å². The number of hydrogen-bond donors (Lipinski definition) is 2. The molecule has 2 fully saturated rings. The van der Waals surface area contributed by atoms with E-state index in [1.165, 1.54) is 22.0 Å². The van der Waals surface area contributed by atoms with Crippen molar-refractivity contribution in [3.8, 4) is 11.5 Å². The van der Waals surface area contributed by atoms with E-state index in [1.807, 2.05) is 67.9 Å². The minimum Gasteiger partial charge on any atom is -0.508 e. The summed E-state index contributed by atoms with van der Waals surface area (Å²) in [6.07, 6.45) is 6.75. The third kappa shape index (κ3) is 15.0. The number of phenols is 1. The Morgan fingerprint density at radius 1 is 0.667 bits per heavy atom. The standard InChI is InChI=1S/C19H20ClN5O.C15H19ClN4O2.C9H17NO5S.C6H5ClO/c20-13-1-3-14(4-2-13)26-15-11-24(12-15)19-16-5-8-21-9-6-17(16)23-18-7-10-22-25(18)19;1-15(2,3)22-14(21)19-8-5-10-11(6-9-19)18-12-4-7-17-20(12)13(10)16;1-9(2,3)14-8(11)10-5-7(6-10)15-16(4,12)13;7-5-1-3-6(8)4-2-5/h1-4,7,10,15,21H,5-6,8-9,11-12H2;4,7H,5-6,8-9H2,1-3H3;7H,5-6H2,1-4H3;1-4,8H. The fourth-order valence-corrected chi connectivity index (χ4v) is 9.14. The minimum atomic E-state index is -3.45. The zero-order valence-electron chi connectivity index (χ0n) is 41.3. The van der Waals surface area contributed by atoms with Gasteiger partial charge >= 0.3 is 12.2 Å². The van der Waals surface area contributed by atoms with Crippen LogP contribution in [-0.2, 0) is 49.5 Å². The molecule has 6 aromatic rings. The lowest BCUT2D eigenvalue weighted by molar-refractivity contribution is -0.0204. The number of phenolic OH excluding ortho intramolecular Hbond substituents is 1. The fourth-order valence-electron chi connectivity index (χ4n) is 7.94. The van der Waals surface area contributed by atoms with Crippen molar-refractivity contribution in [3.05, 3.63) is 111 Å². The van der Waals surface area contributed by atoms with Gasteiger partial charge in [-0.05, 0) is 109 Å². The van der Waals surface area contributed by atoms with Gasteiger partial charge in [0.15, 0.2) is 11.3 Å². The number of hydrogen-bond acceptors (Lipinski definition) is 15. The predicted molar refractivity (Wildman–Crippen MR) is 275 cm³/mol. The van der Waals surface area contributed by atoms with E-state index in [4.69, 9.17) is 63.3 Å². The summed E-state index contributed by atoms with van der Waals surface area (Å²) in [5, 5.41) is 22.8. The first-order valence-corrected chi connectivity index (χ1v) is 26.5. The van der Waals surface area contributed by atoms with Crippen LogP contribution in [0.5, 0.6) is 11.5 Å². The van der Waals surface area contributed by atoms with E-state index in [0.29, 0.717) is 36.1 Å². The molecule has 2 amide bonds. The summed E-state index contributed by atoms with van der Waals surface area (Å²) >= 11 is 17.9. The normalized spacial score (nSPS) is 16.2. The summed E-state index contributed by atoms with van der Waals surface area (Å²) in [6, 6.07) is 17.7. The van der Waals surface area contributed by atoms with Crippen molar-refractivity contribution in [1.82, 2.24) is 44.3 Å². The number of carbonyl (C=O) groups is 2. The van der Waals surface area contributed by atoms with Crippen LogP contribution >= 0.6 is 34.8 Å². The Hall–Kier alpha value is -5.64. The van der Waals surface area contributed by atoms with Gasteiger partial charge in [-0.3, -0.25) is 4.18 Å². The van der Waals surface area contributed by atoms with E-state index in [1.54, 1.807) is 60.6 Å². The van der Waals surface area contributed by atoms with Crippen LogP contribution in [0, 0.1) is 0 Å². The van der Waals surface area contributed by atoms with Gasteiger partial charge in [0.25, 0.3) is 10.1 Å². The molecule has 0 spiro atoms. The van der Waals surface area contributed by atoms with Crippen molar-refractivity contribution in [3.63, 3.8) is 0 Å². The van der Waals surface area contributed by atoms with Gasteiger partial charge in [0, 0.05) is 65.8 Å². The van der Waals surface area contributed by atoms with Crippen LogP contribution < -0.4 is 15.0 Å². The number of nitrogens with zero attached hydrogens (tertiary/aromatic N) is 9. The molecule has 0 radical (unpaired) electrons. The van der Waals surface area contributed by atoms with Crippen LogP contribution in [0.3, 0.4) is 0 Å². The van der Waals surface area contributed by atoms with Gasteiger partial charge in [-0.1, -0.05) is 34.8 Å². The highest BCUT2D eigenvalue weighted by atomic mass is 35.5. The quantitative estimate of drug-likeness (QED) is 0.125. The second kappa shape index (κ2) is 23.1. The highest BCUT2D eigenvalue weighted by Crippen LogP contribution is 2.31. The van der Waals surface area contributed by atoms with Gasteiger partial charge in [-0.25, -0.2) is 24.1 Å². The van der Waals surface area contributed by atoms with Crippen LogP contribution in [0.25, 0.3) is 11.3 Å². The molecule has 72 heavy (non-hydrogen) atoms. The maximum absolute atomic E-state index is 12.2. The lowest BCUT2D eigenvalue weighted by Crippen LogP contribution is -2.56. The largest absolute Gasteiger partial charge is 0.508 e. The number of likely N-dealkylation sites (tertiary alicyclic amines) is 1. The van der Waals surface area contributed by atoms with Gasteiger partial charge < -0.3 is 39.3 Å². The number of fused-ring (bicyclic) bond motifs is 4. The molecule has 8 heterocycles. The number of aromatic hydroxyl groups is 1. The first kappa shape index (κ1) is 54.1. The van der Waals surface area contributed by atoms with Crippen LogP contribution in [0.1, 0.15) is 64.1 Å². The van der Waals surface area contributed by atoms with Crippen molar-refractivity contribution in [2.45, 2.75) is 90.6 Å². The van der Waals surface area contributed by atoms with E-state index in [-0.39, 0.29) is 31.0 Å². The number of benzene rings is 2. The van der Waals surface area contributed by atoms with Gasteiger partial charge in [0.05, 0.1) is 56.2 Å². The Bertz CT molecular complexity index is 2910. The van der Waals surface area contributed by atoms with Crippen LogP contribution in [0.2, 0.25) is 15.2 Å². The van der Waals surface area contributed by atoms with E-state index in [0.717, 1.165) is 78.6 Å². The number of carbonyl (C=O) groups excluding carboxylic acids is 2. The highest BCUT2D eigenvalue weighted by Gasteiger charge is 2.37. The molecular weight excluding hydrogens is 1010 g/mol. The lowest BCUT2D eigenvalue weighted by atomic mass is 10.1. The molecule has 4 aromatic heterocycles. The molecule has 2 aromatic carbocycles. The number of nitrogens with one attached hydrogen (secondary N) is 1. The third-order valence-electron chi connectivity index (χ3n) is 11.2. The molecule has 388 valence electrons. The number of ether oxygens (including phenoxy) is 3. The summed E-state index contributed by atoms with van der Waals surface area (Å²) < 4.78 is 46.5. The molecule has 2 saturated heterocycles. The van der Waals surface area contributed by atoms with Gasteiger partial charge in [-0.15, -0.1) is 0 Å². The van der Waals surface area contributed by atoms with Crippen LogP contribution in [0.15, 0.2) is 73.1 Å². The topological polar surface area (TPSA) is 208 Å². The first-order valence-electron chi connectivity index (χ1n) is 23.5. The summed E-state index contributed by atoms with van der Waals surface area (Å²) in [4.78, 5) is 38.6. The Labute approximate surface area is 434 Å². The van der Waals surface area contributed by atoms with E-state index >= 15 is 0 Å². The van der Waals surface area contributed by atoms with Crippen molar-refractivity contribution in [1.29, 1.82) is 0 Å². The molecule has 19 nitrogen and oxygen atoms in total. The zero-order valence-corrected chi connectivity index (χ0v) is 44.4. The Morgan fingerprint density at radius 2 is 1.19 bits per heavy atom. The van der Waals surface area contributed by atoms with Crippen LogP contribution in [0.4, 0.5) is 15.4 Å². The van der Waals surface area contributed by atoms with Crippen molar-refractivity contribution < 1.29 is 41.5 Å². The minimum absolute atomic E-state index is 0.175. The second-order valence-electron chi connectivity index (χ2n) is 19.5. The maximum atomic E-state index is 12.2. The molecule has 0 unspecified atom stereocenters. The van der Waals surface area contributed by atoms with E-state index < -0.39 is 33.5 Å². The molecule has 0 aliphatic carbocycles. The fraction of sp³-hybridized carbons (Fsp3) is 0.469. The number of aromatic nitrogens is 6. The third-order valence-corrected chi connectivity index (χ3v) is 12.8. The molecule has 10 rings (SSSR count). The summed E-state index contributed by atoms with van der Waals surface area (Å²) in [6.45, 7) is 16.2. The lowest BCUT2D eigenvalue weighted by Gasteiger charge is -2.41. The molecule has 4 aliphatic rings. The maximum Gasteiger partial charge on any atom is 0.410 e. The molecular formula is C49H61Cl3N10O9S. The Balaban J connectivity index is 0.000000150. The van der Waals surface area contributed by atoms with Gasteiger partial charge in [0.1, 0.15) is 45.9 Å². The molecule has 0 bridgehead atoms.